The third-order valence-corrected chi connectivity index (χ3v) is 1.91. The molecule has 0 bridgehead atoms. The number of aromatic hydroxyl groups is 1. The van der Waals surface area contributed by atoms with Crippen LogP contribution in [0, 0.1) is 0 Å². The summed E-state index contributed by atoms with van der Waals surface area (Å²) >= 11 is 0. The van der Waals surface area contributed by atoms with E-state index in [1.807, 2.05) is 20.8 Å². The number of allylic oxidation sites excluding steroid dienone is 1. The molecule has 0 aromatic heterocycles. The maximum Gasteiger partial charge on any atom is 0.162 e. The molecule has 1 N–H and O–H groups in total. The molecule has 0 saturated heterocycles. The molecular weight excluding hydrogens is 216 g/mol. The van der Waals surface area contributed by atoms with Crippen molar-refractivity contribution in [3.05, 3.63) is 29.8 Å². The molecule has 17 heavy (non-hydrogen) atoms. The zero-order chi connectivity index (χ0) is 13.1. The van der Waals surface area contributed by atoms with Gasteiger partial charge in [-0.25, -0.2) is 0 Å². The van der Waals surface area contributed by atoms with Crippen LogP contribution in [0.3, 0.4) is 0 Å². The van der Waals surface area contributed by atoms with E-state index >= 15 is 0 Å². The van der Waals surface area contributed by atoms with Crippen molar-refractivity contribution < 1.29 is 14.6 Å². The number of ketones is 1. The molecular formula is C14H18O3. The predicted molar refractivity (Wildman–Crippen MR) is 68.2 cm³/mol. The van der Waals surface area contributed by atoms with Gasteiger partial charge in [-0.15, -0.1) is 0 Å². The lowest BCUT2D eigenvalue weighted by atomic mass is 10.1. The molecule has 0 aliphatic carbocycles. The van der Waals surface area contributed by atoms with E-state index in [9.17, 15) is 9.90 Å². The fourth-order valence-corrected chi connectivity index (χ4v) is 1.26. The summed E-state index contributed by atoms with van der Waals surface area (Å²) in [6.45, 7) is 7.21. The number of carbonyl (C=O) groups is 1. The van der Waals surface area contributed by atoms with Crippen molar-refractivity contribution in [3.63, 3.8) is 0 Å². The predicted octanol–water partition coefficient (Wildman–Crippen LogP) is 3.17. The Balaban J connectivity index is 2.98. The Labute approximate surface area is 102 Å². The van der Waals surface area contributed by atoms with Gasteiger partial charge in [0.05, 0.1) is 0 Å². The summed E-state index contributed by atoms with van der Waals surface area (Å²) in [6, 6.07) is 4.99. The molecule has 0 atom stereocenters. The highest BCUT2D eigenvalue weighted by atomic mass is 16.5. The second-order valence-electron chi connectivity index (χ2n) is 4.89. The number of hydrogen-bond acceptors (Lipinski definition) is 3. The summed E-state index contributed by atoms with van der Waals surface area (Å²) in [6.07, 6.45) is 3.17. The second kappa shape index (κ2) is 5.04. The second-order valence-corrected chi connectivity index (χ2v) is 4.89. The van der Waals surface area contributed by atoms with E-state index in [4.69, 9.17) is 4.74 Å². The monoisotopic (exact) mass is 234 g/mol. The molecule has 0 fully saturated rings. The smallest absolute Gasteiger partial charge is 0.162 e. The maximum absolute atomic E-state index is 10.8. The lowest BCUT2D eigenvalue weighted by Gasteiger charge is -2.22. The van der Waals surface area contributed by atoms with Gasteiger partial charge in [0.15, 0.2) is 17.3 Å². The van der Waals surface area contributed by atoms with Crippen molar-refractivity contribution in [3.8, 4) is 11.5 Å². The summed E-state index contributed by atoms with van der Waals surface area (Å²) < 4.78 is 5.61. The molecule has 3 heteroatoms. The van der Waals surface area contributed by atoms with E-state index in [-0.39, 0.29) is 17.1 Å². The van der Waals surface area contributed by atoms with Gasteiger partial charge in [-0.3, -0.25) is 4.79 Å². The minimum Gasteiger partial charge on any atom is -0.504 e. The van der Waals surface area contributed by atoms with E-state index < -0.39 is 0 Å². The van der Waals surface area contributed by atoms with Gasteiger partial charge in [-0.2, -0.15) is 0 Å². The van der Waals surface area contributed by atoms with Crippen molar-refractivity contribution in [2.45, 2.75) is 33.3 Å². The van der Waals surface area contributed by atoms with E-state index in [2.05, 4.69) is 0 Å². The Morgan fingerprint density at radius 2 is 2.00 bits per heavy atom. The number of phenols is 1. The SMILES string of the molecule is CC(=O)/C=C/c1ccc(O)c(OC(C)(C)C)c1. The Hall–Kier alpha value is -1.77. The van der Waals surface area contributed by atoms with Crippen LogP contribution in [-0.2, 0) is 4.79 Å². The fourth-order valence-electron chi connectivity index (χ4n) is 1.26. The van der Waals surface area contributed by atoms with Crippen molar-refractivity contribution in [1.29, 1.82) is 0 Å². The number of rotatable bonds is 3. The largest absolute Gasteiger partial charge is 0.504 e. The van der Waals surface area contributed by atoms with Crippen LogP contribution in [0.5, 0.6) is 11.5 Å². The van der Waals surface area contributed by atoms with Crippen LogP contribution in [0.2, 0.25) is 0 Å². The fraction of sp³-hybridized carbons (Fsp3) is 0.357. The molecule has 0 amide bonds. The molecule has 0 spiro atoms. The number of hydrogen-bond donors (Lipinski definition) is 1. The van der Waals surface area contributed by atoms with Gasteiger partial charge in [-0.1, -0.05) is 12.1 Å². The van der Waals surface area contributed by atoms with Crippen LogP contribution in [0.1, 0.15) is 33.3 Å². The molecule has 0 heterocycles. The van der Waals surface area contributed by atoms with E-state index in [0.29, 0.717) is 5.75 Å². The van der Waals surface area contributed by atoms with Gasteiger partial charge in [-0.05, 0) is 51.5 Å². The van der Waals surface area contributed by atoms with E-state index in [1.165, 1.54) is 13.0 Å². The Morgan fingerprint density at radius 3 is 2.53 bits per heavy atom. The van der Waals surface area contributed by atoms with Crippen molar-refractivity contribution >= 4 is 11.9 Å². The summed E-state index contributed by atoms with van der Waals surface area (Å²) in [4.78, 5) is 10.8. The minimum absolute atomic E-state index is 0.0173. The Morgan fingerprint density at radius 1 is 1.35 bits per heavy atom. The highest BCUT2D eigenvalue weighted by molar-refractivity contribution is 5.91. The molecule has 0 unspecified atom stereocenters. The normalized spacial score (nSPS) is 11.8. The maximum atomic E-state index is 10.8. The van der Waals surface area contributed by atoms with Gasteiger partial charge in [0.25, 0.3) is 0 Å². The van der Waals surface area contributed by atoms with Crippen LogP contribution in [0.15, 0.2) is 24.3 Å². The summed E-state index contributed by atoms with van der Waals surface area (Å²) in [5.41, 5.74) is 0.442. The van der Waals surface area contributed by atoms with Gasteiger partial charge >= 0.3 is 0 Å². The van der Waals surface area contributed by atoms with Gasteiger partial charge in [0.1, 0.15) is 5.60 Å². The first-order valence-electron chi connectivity index (χ1n) is 5.48. The molecule has 0 aliphatic heterocycles. The summed E-state index contributed by atoms with van der Waals surface area (Å²) in [5, 5.41) is 9.66. The number of ether oxygens (including phenoxy) is 1. The third-order valence-electron chi connectivity index (χ3n) is 1.91. The van der Waals surface area contributed by atoms with Crippen molar-refractivity contribution in [2.75, 3.05) is 0 Å². The number of phenolic OH excluding ortho intramolecular Hbond substituents is 1. The van der Waals surface area contributed by atoms with Gasteiger partial charge < -0.3 is 9.84 Å². The molecule has 1 aromatic rings. The lowest BCUT2D eigenvalue weighted by Crippen LogP contribution is -2.23. The number of carbonyl (C=O) groups excluding carboxylic acids is 1. The Kier molecular flexibility index (Phi) is 3.94. The molecule has 1 aromatic carbocycles. The molecule has 3 nitrogen and oxygen atoms in total. The summed E-state index contributed by atoms with van der Waals surface area (Å²) in [7, 11) is 0. The topological polar surface area (TPSA) is 46.5 Å². The highest BCUT2D eigenvalue weighted by Gasteiger charge is 2.14. The average Bonchev–Trinajstić information content (AvgIpc) is 2.17. The first-order valence-corrected chi connectivity index (χ1v) is 5.48. The van der Waals surface area contributed by atoms with Crippen LogP contribution in [0.4, 0.5) is 0 Å². The molecule has 92 valence electrons. The zero-order valence-electron chi connectivity index (χ0n) is 10.7. The first-order chi connectivity index (χ1) is 7.78. The van der Waals surface area contributed by atoms with E-state index in [0.717, 1.165) is 5.56 Å². The molecule has 0 aliphatic rings. The zero-order valence-corrected chi connectivity index (χ0v) is 10.7. The van der Waals surface area contributed by atoms with Crippen molar-refractivity contribution in [2.24, 2.45) is 0 Å². The minimum atomic E-state index is -0.375. The standard InChI is InChI=1S/C14H18O3/c1-10(15)5-6-11-7-8-12(16)13(9-11)17-14(2,3)4/h5-9,16H,1-4H3/b6-5+. The first kappa shape index (κ1) is 13.3. The quantitative estimate of drug-likeness (QED) is 0.817. The molecule has 0 radical (unpaired) electrons. The third kappa shape index (κ3) is 4.72. The van der Waals surface area contributed by atoms with Crippen LogP contribution in [0.25, 0.3) is 6.08 Å². The molecule has 0 saturated carbocycles. The Bertz CT molecular complexity index is 439. The van der Waals surface area contributed by atoms with Crippen LogP contribution < -0.4 is 4.74 Å². The highest BCUT2D eigenvalue weighted by Crippen LogP contribution is 2.30. The van der Waals surface area contributed by atoms with Gasteiger partial charge in [0, 0.05) is 0 Å². The molecule has 1 rings (SSSR count). The average molecular weight is 234 g/mol. The lowest BCUT2D eigenvalue weighted by molar-refractivity contribution is -0.112. The van der Waals surface area contributed by atoms with Crippen LogP contribution >= 0.6 is 0 Å². The summed E-state index contributed by atoms with van der Waals surface area (Å²) in [5.74, 6) is 0.500. The van der Waals surface area contributed by atoms with E-state index in [1.54, 1.807) is 24.3 Å². The van der Waals surface area contributed by atoms with Gasteiger partial charge in [0.2, 0.25) is 0 Å². The van der Waals surface area contributed by atoms with Crippen molar-refractivity contribution in [1.82, 2.24) is 0 Å². The number of benzene rings is 1. The van der Waals surface area contributed by atoms with Crippen LogP contribution in [-0.4, -0.2) is 16.5 Å².